The van der Waals surface area contributed by atoms with Crippen molar-refractivity contribution in [3.63, 3.8) is 0 Å². The monoisotopic (exact) mass is 599 g/mol. The van der Waals surface area contributed by atoms with Gasteiger partial charge in [0.15, 0.2) is 0 Å². The molecular weight excluding hydrogens is 582 g/mol. The quantitative estimate of drug-likeness (QED) is 0.165. The molecule has 3 heteroatoms. The number of rotatable bonds is 1. The zero-order valence-corrected chi connectivity index (χ0v) is 22.8. The third-order valence-corrected chi connectivity index (χ3v) is 8.96. The van der Waals surface area contributed by atoms with Crippen LogP contribution in [0.1, 0.15) is 0 Å². The van der Waals surface area contributed by atoms with Gasteiger partial charge in [-0.05, 0) is 79.5 Å². The molecule has 0 fully saturated rings. The molecule has 0 aliphatic carbocycles. The highest BCUT2D eigenvalue weighted by Gasteiger charge is 2.20. The van der Waals surface area contributed by atoms with Crippen molar-refractivity contribution in [2.45, 2.75) is 0 Å². The van der Waals surface area contributed by atoms with Gasteiger partial charge in [-0.2, -0.15) is 0 Å². The molecule has 0 saturated heterocycles. The van der Waals surface area contributed by atoms with Gasteiger partial charge in [0.25, 0.3) is 0 Å². The largest absolute Gasteiger partial charge is 0.309 e. The maximum atomic E-state index is 3.84. The molecule has 0 amide bonds. The minimum atomic E-state index is 1.13. The zero-order chi connectivity index (χ0) is 24.7. The second kappa shape index (κ2) is 7.92. The van der Waals surface area contributed by atoms with Crippen molar-refractivity contribution in [3.8, 4) is 5.69 Å². The van der Waals surface area contributed by atoms with Crippen molar-refractivity contribution in [1.82, 2.24) is 4.57 Å². The highest BCUT2D eigenvalue weighted by Crippen LogP contribution is 2.46. The molecule has 37 heavy (non-hydrogen) atoms. The molecule has 174 valence electrons. The first-order valence-corrected chi connectivity index (χ1v) is 13.9. The lowest BCUT2D eigenvalue weighted by Gasteiger charge is -2.11. The Morgan fingerprint density at radius 2 is 0.838 bits per heavy atom. The summed E-state index contributed by atoms with van der Waals surface area (Å²) in [7, 11) is 0. The Morgan fingerprint density at radius 1 is 0.405 bits per heavy atom. The second-order valence-corrected chi connectivity index (χ2v) is 11.3. The van der Waals surface area contributed by atoms with Crippen LogP contribution in [0.4, 0.5) is 0 Å². The van der Waals surface area contributed by atoms with Crippen molar-refractivity contribution in [1.29, 1.82) is 0 Å². The summed E-state index contributed by atoms with van der Waals surface area (Å²) >= 11 is 7.69. The SMILES string of the molecule is Brc1cc2ccc3c(c2c2ccccc12)c1c2c(ccc1n3-c1ccccc1)cc(Br)c1ccccc12. The van der Waals surface area contributed by atoms with Crippen LogP contribution in [0.5, 0.6) is 0 Å². The summed E-state index contributed by atoms with van der Waals surface area (Å²) in [4.78, 5) is 0. The predicted molar refractivity (Wildman–Crippen MR) is 166 cm³/mol. The average Bonchev–Trinajstić information content (AvgIpc) is 3.28. The lowest BCUT2D eigenvalue weighted by atomic mass is 9.93. The summed E-state index contributed by atoms with van der Waals surface area (Å²) in [6.07, 6.45) is 0. The third kappa shape index (κ3) is 2.96. The second-order valence-electron chi connectivity index (χ2n) is 9.59. The molecule has 0 spiro atoms. The first kappa shape index (κ1) is 21.4. The van der Waals surface area contributed by atoms with Gasteiger partial charge in [0, 0.05) is 25.4 Å². The Balaban J connectivity index is 1.76. The highest BCUT2D eigenvalue weighted by atomic mass is 79.9. The predicted octanol–water partition coefficient (Wildman–Crippen LogP) is 10.9. The van der Waals surface area contributed by atoms with Crippen LogP contribution in [-0.4, -0.2) is 4.57 Å². The van der Waals surface area contributed by atoms with Crippen molar-refractivity contribution in [2.24, 2.45) is 0 Å². The molecule has 7 aromatic carbocycles. The van der Waals surface area contributed by atoms with Gasteiger partial charge in [-0.15, -0.1) is 0 Å². The number of benzene rings is 7. The number of halogens is 2. The molecule has 0 radical (unpaired) electrons. The molecule has 0 unspecified atom stereocenters. The molecule has 0 atom stereocenters. The number of hydrogen-bond acceptors (Lipinski definition) is 0. The van der Waals surface area contributed by atoms with Gasteiger partial charge >= 0.3 is 0 Å². The normalized spacial score (nSPS) is 12.1. The smallest absolute Gasteiger partial charge is 0.0548 e. The molecule has 1 heterocycles. The minimum Gasteiger partial charge on any atom is -0.309 e. The summed E-state index contributed by atoms with van der Waals surface area (Å²) in [6.45, 7) is 0. The van der Waals surface area contributed by atoms with Crippen LogP contribution in [0.15, 0.2) is 124 Å². The molecule has 8 aromatic rings. The molecule has 0 N–H and O–H groups in total. The van der Waals surface area contributed by atoms with Crippen LogP contribution >= 0.6 is 31.9 Å². The maximum Gasteiger partial charge on any atom is 0.0548 e. The van der Waals surface area contributed by atoms with E-state index in [-0.39, 0.29) is 0 Å². The lowest BCUT2D eigenvalue weighted by molar-refractivity contribution is 1.18. The van der Waals surface area contributed by atoms with Gasteiger partial charge in [0.1, 0.15) is 0 Å². The minimum absolute atomic E-state index is 1.13. The Bertz CT molecular complexity index is 2070. The van der Waals surface area contributed by atoms with Gasteiger partial charge in [-0.1, -0.05) is 111 Å². The van der Waals surface area contributed by atoms with Gasteiger partial charge in [0.05, 0.1) is 11.0 Å². The number of aromatic nitrogens is 1. The number of nitrogens with zero attached hydrogens (tertiary/aromatic N) is 1. The summed E-state index contributed by atoms with van der Waals surface area (Å²) in [5.41, 5.74) is 3.62. The highest BCUT2D eigenvalue weighted by molar-refractivity contribution is 9.11. The molecule has 0 bridgehead atoms. The first-order chi connectivity index (χ1) is 18.2. The Labute approximate surface area is 230 Å². The standard InChI is InChI=1S/C34H19Br2N/c35-27-18-20-14-16-29-33(31(20)25-12-6-4-10-23(25)27)34-30(37(29)22-8-2-1-3-9-22)17-15-21-19-28(36)24-11-5-7-13-26(24)32(21)34/h1-19H. The molecule has 0 aliphatic rings. The van der Waals surface area contributed by atoms with E-state index in [1.165, 1.54) is 70.6 Å². The van der Waals surface area contributed by atoms with E-state index >= 15 is 0 Å². The van der Waals surface area contributed by atoms with E-state index in [2.05, 4.69) is 152 Å². The fourth-order valence-corrected chi connectivity index (χ4v) is 7.33. The van der Waals surface area contributed by atoms with Gasteiger partial charge in [0.2, 0.25) is 0 Å². The molecule has 0 aliphatic heterocycles. The summed E-state index contributed by atoms with van der Waals surface area (Å²) in [5, 5.41) is 12.7. The number of hydrogen-bond donors (Lipinski definition) is 0. The Morgan fingerprint density at radius 3 is 1.32 bits per heavy atom. The van der Waals surface area contributed by atoms with E-state index in [4.69, 9.17) is 0 Å². The maximum absolute atomic E-state index is 3.84. The number of fused-ring (bicyclic) bond motifs is 11. The van der Waals surface area contributed by atoms with E-state index in [9.17, 15) is 0 Å². The van der Waals surface area contributed by atoms with Gasteiger partial charge in [-0.25, -0.2) is 0 Å². The average molecular weight is 601 g/mol. The van der Waals surface area contributed by atoms with Crippen LogP contribution in [0.3, 0.4) is 0 Å². The topological polar surface area (TPSA) is 4.93 Å². The van der Waals surface area contributed by atoms with E-state index in [1.54, 1.807) is 0 Å². The zero-order valence-electron chi connectivity index (χ0n) is 19.7. The van der Waals surface area contributed by atoms with Gasteiger partial charge in [-0.3, -0.25) is 0 Å². The molecule has 1 aromatic heterocycles. The Hall–Kier alpha value is -3.66. The van der Waals surface area contributed by atoms with E-state index in [0.717, 1.165) is 8.95 Å². The van der Waals surface area contributed by atoms with Crippen LogP contribution in [-0.2, 0) is 0 Å². The van der Waals surface area contributed by atoms with Crippen molar-refractivity contribution < 1.29 is 0 Å². The van der Waals surface area contributed by atoms with Crippen LogP contribution in [0.2, 0.25) is 0 Å². The van der Waals surface area contributed by atoms with Crippen LogP contribution < -0.4 is 0 Å². The molecule has 8 rings (SSSR count). The molecular formula is C34H19Br2N. The van der Waals surface area contributed by atoms with Crippen LogP contribution in [0, 0.1) is 0 Å². The Kier molecular flexibility index (Phi) is 4.59. The van der Waals surface area contributed by atoms with E-state index in [0.29, 0.717) is 0 Å². The number of para-hydroxylation sites is 1. The van der Waals surface area contributed by atoms with Crippen molar-refractivity contribution in [3.05, 3.63) is 124 Å². The van der Waals surface area contributed by atoms with Gasteiger partial charge < -0.3 is 4.57 Å². The lowest BCUT2D eigenvalue weighted by Crippen LogP contribution is -1.93. The van der Waals surface area contributed by atoms with Crippen LogP contribution in [0.25, 0.3) is 70.6 Å². The third-order valence-electron chi connectivity index (χ3n) is 7.65. The summed E-state index contributed by atoms with van der Waals surface area (Å²) in [6, 6.07) is 41.8. The van der Waals surface area contributed by atoms with E-state index in [1.807, 2.05) is 0 Å². The molecule has 0 saturated carbocycles. The van der Waals surface area contributed by atoms with Crippen molar-refractivity contribution in [2.75, 3.05) is 0 Å². The fraction of sp³-hybridized carbons (Fsp3) is 0. The summed E-state index contributed by atoms with van der Waals surface area (Å²) < 4.78 is 4.68. The first-order valence-electron chi connectivity index (χ1n) is 12.3. The molecule has 1 nitrogen and oxygen atoms in total. The fourth-order valence-electron chi connectivity index (χ4n) is 6.15. The summed E-state index contributed by atoms with van der Waals surface area (Å²) in [5.74, 6) is 0. The van der Waals surface area contributed by atoms with E-state index < -0.39 is 0 Å². The van der Waals surface area contributed by atoms with Crippen molar-refractivity contribution >= 4 is 96.8 Å².